The average Bonchev–Trinajstić information content (AvgIpc) is 2.75. The third-order valence-corrected chi connectivity index (χ3v) is 4.24. The number of nitrogens with one attached hydrogen (secondary N) is 3. The van der Waals surface area contributed by atoms with Gasteiger partial charge >= 0.3 is 5.97 Å². The molecule has 1 aromatic rings. The van der Waals surface area contributed by atoms with Crippen LogP contribution >= 0.6 is 0 Å². The number of aliphatic hydroxyl groups is 1. The number of aromatic nitrogens is 1. The molecule has 1 aromatic heterocycles. The van der Waals surface area contributed by atoms with Gasteiger partial charge in [0.15, 0.2) is 5.84 Å². The first-order chi connectivity index (χ1) is 15.6. The number of rotatable bonds is 9. The van der Waals surface area contributed by atoms with Crippen molar-refractivity contribution in [3.8, 4) is 0 Å². The minimum absolute atomic E-state index is 0.0109. The second-order valence-corrected chi connectivity index (χ2v) is 6.82. The van der Waals surface area contributed by atoms with Gasteiger partial charge in [-0.2, -0.15) is 0 Å². The standard InChI is InChI=1S/C19H22N6O6.C2H6/c1-9(26)2-4-13(19(30)31)24-18(29)12-5-3-10(8-22-12)23-16(28)6-11-14(27)7-15(20)25-17(11)21;1-2/h3,5,8,13,27H,2,4,6-7H2,1H3,(H,23,28)(H,24,29)(H,30,31)(H3,20,21,25);1-2H3. The highest BCUT2D eigenvalue weighted by Gasteiger charge is 2.23. The molecule has 2 amide bonds. The van der Waals surface area contributed by atoms with Crippen molar-refractivity contribution in [2.45, 2.75) is 52.5 Å². The number of aliphatic imine (C=N–C) groups is 1. The maximum absolute atomic E-state index is 12.2. The molecule has 2 rings (SSSR count). The van der Waals surface area contributed by atoms with E-state index in [-0.39, 0.29) is 65.9 Å². The van der Waals surface area contributed by atoms with E-state index in [1.807, 2.05) is 13.8 Å². The highest BCUT2D eigenvalue weighted by molar-refractivity contribution is 6.11. The zero-order valence-electron chi connectivity index (χ0n) is 18.6. The third-order valence-electron chi connectivity index (χ3n) is 4.24. The van der Waals surface area contributed by atoms with E-state index < -0.39 is 23.8 Å². The summed E-state index contributed by atoms with van der Waals surface area (Å²) in [5.41, 5.74) is 5.70. The minimum Gasteiger partial charge on any atom is -0.511 e. The lowest BCUT2D eigenvalue weighted by molar-refractivity contribution is -0.139. The summed E-state index contributed by atoms with van der Waals surface area (Å²) in [5, 5.41) is 31.6. The number of carbonyl (C=O) groups excluding carboxylic acids is 3. The van der Waals surface area contributed by atoms with E-state index >= 15 is 0 Å². The molecule has 12 heteroatoms. The number of aliphatic hydroxyl groups excluding tert-OH is 1. The van der Waals surface area contributed by atoms with Crippen LogP contribution in [0.3, 0.4) is 0 Å². The van der Waals surface area contributed by atoms with Crippen molar-refractivity contribution in [2.24, 2.45) is 10.7 Å². The van der Waals surface area contributed by atoms with Crippen molar-refractivity contribution < 1.29 is 29.4 Å². The van der Waals surface area contributed by atoms with E-state index in [4.69, 9.17) is 16.2 Å². The van der Waals surface area contributed by atoms with Crippen LogP contribution in [0.1, 0.15) is 56.9 Å². The number of amides is 2. The van der Waals surface area contributed by atoms with Gasteiger partial charge in [-0.3, -0.25) is 15.0 Å². The zero-order chi connectivity index (χ0) is 25.1. The smallest absolute Gasteiger partial charge is 0.326 e. The first kappa shape index (κ1) is 26.9. The van der Waals surface area contributed by atoms with Crippen molar-refractivity contribution in [3.63, 3.8) is 0 Å². The summed E-state index contributed by atoms with van der Waals surface area (Å²) < 4.78 is 0. The predicted octanol–water partition coefficient (Wildman–Crippen LogP) is 1.54. The van der Waals surface area contributed by atoms with E-state index in [2.05, 4.69) is 20.6 Å². The second-order valence-electron chi connectivity index (χ2n) is 6.82. The van der Waals surface area contributed by atoms with Gasteiger partial charge in [-0.25, -0.2) is 14.8 Å². The van der Waals surface area contributed by atoms with E-state index in [1.54, 1.807) is 0 Å². The van der Waals surface area contributed by atoms with Crippen LogP contribution in [0.4, 0.5) is 5.69 Å². The number of carboxylic acids is 1. The topological polar surface area (TPSA) is 208 Å². The van der Waals surface area contributed by atoms with Crippen molar-refractivity contribution >= 4 is 40.9 Å². The molecule has 1 atom stereocenters. The van der Waals surface area contributed by atoms with E-state index in [0.717, 1.165) is 0 Å². The van der Waals surface area contributed by atoms with Gasteiger partial charge in [0, 0.05) is 12.0 Å². The van der Waals surface area contributed by atoms with Gasteiger partial charge in [0.2, 0.25) is 5.91 Å². The molecule has 0 bridgehead atoms. The molecule has 0 saturated carbocycles. The van der Waals surface area contributed by atoms with Gasteiger partial charge in [-0.15, -0.1) is 0 Å². The molecule has 0 radical (unpaired) electrons. The SMILES string of the molecule is CC.CC(=O)CCC(NC(=O)c1ccc(NC(=O)CC2=C(O)CC(N)=NC2=N)cn1)C(=O)O. The number of anilines is 1. The number of amidine groups is 2. The Bertz CT molecular complexity index is 983. The molecule has 1 aliphatic rings. The number of aliphatic carboxylic acids is 1. The number of hydrogen-bond donors (Lipinski definition) is 6. The molecule has 33 heavy (non-hydrogen) atoms. The normalized spacial score (nSPS) is 13.8. The van der Waals surface area contributed by atoms with Gasteiger partial charge in [0.05, 0.1) is 24.7 Å². The molecule has 0 aromatic carbocycles. The predicted molar refractivity (Wildman–Crippen MR) is 121 cm³/mol. The molecule has 1 unspecified atom stereocenters. The number of carbonyl (C=O) groups is 4. The van der Waals surface area contributed by atoms with Crippen LogP contribution in [0, 0.1) is 5.41 Å². The number of dihydropyridines is 1. The molecular weight excluding hydrogens is 432 g/mol. The Kier molecular flexibility index (Phi) is 10.4. The maximum atomic E-state index is 12.2. The number of pyridine rings is 1. The lowest BCUT2D eigenvalue weighted by atomic mass is 10.1. The molecule has 7 N–H and O–H groups in total. The van der Waals surface area contributed by atoms with Gasteiger partial charge in [0.25, 0.3) is 5.91 Å². The molecule has 12 nitrogen and oxygen atoms in total. The fourth-order valence-corrected chi connectivity index (χ4v) is 2.66. The van der Waals surface area contributed by atoms with Gasteiger partial charge in [0.1, 0.15) is 29.1 Å². The fraction of sp³-hybridized carbons (Fsp3) is 0.381. The largest absolute Gasteiger partial charge is 0.511 e. The highest BCUT2D eigenvalue weighted by Crippen LogP contribution is 2.18. The van der Waals surface area contributed by atoms with E-state index in [9.17, 15) is 24.3 Å². The number of Topliss-reactive ketones (excluding diaryl/α,β-unsaturated/α-hetero) is 1. The van der Waals surface area contributed by atoms with Crippen LogP contribution in [0.15, 0.2) is 34.7 Å². The summed E-state index contributed by atoms with van der Waals surface area (Å²) in [6, 6.07) is 1.45. The summed E-state index contributed by atoms with van der Waals surface area (Å²) in [6.07, 6.45) is 0.823. The maximum Gasteiger partial charge on any atom is 0.326 e. The Morgan fingerprint density at radius 3 is 2.42 bits per heavy atom. The van der Waals surface area contributed by atoms with Crippen LogP contribution in [0.25, 0.3) is 0 Å². The molecule has 0 aliphatic carbocycles. The van der Waals surface area contributed by atoms with E-state index in [1.165, 1.54) is 25.3 Å². The quantitative estimate of drug-likeness (QED) is 0.317. The minimum atomic E-state index is -1.27. The number of nitrogens with zero attached hydrogens (tertiary/aromatic N) is 2. The molecule has 2 heterocycles. The second kappa shape index (κ2) is 12.7. The average molecular weight is 460 g/mol. The Morgan fingerprint density at radius 2 is 1.91 bits per heavy atom. The fourth-order valence-electron chi connectivity index (χ4n) is 2.66. The molecule has 1 aliphatic heterocycles. The number of ketones is 1. The van der Waals surface area contributed by atoms with Crippen LogP contribution < -0.4 is 16.4 Å². The lowest BCUT2D eigenvalue weighted by Crippen LogP contribution is -2.41. The third kappa shape index (κ3) is 8.51. The summed E-state index contributed by atoms with van der Waals surface area (Å²) in [6.45, 7) is 5.33. The summed E-state index contributed by atoms with van der Waals surface area (Å²) in [4.78, 5) is 54.3. The van der Waals surface area contributed by atoms with Crippen molar-refractivity contribution in [3.05, 3.63) is 35.4 Å². The number of carboxylic acid groups (broad SMARTS) is 1. The highest BCUT2D eigenvalue weighted by atomic mass is 16.4. The Hall–Kier alpha value is -4.09. The molecular formula is C21H28N6O6. The molecule has 0 fully saturated rings. The van der Waals surface area contributed by atoms with Gasteiger partial charge < -0.3 is 31.4 Å². The van der Waals surface area contributed by atoms with Crippen LogP contribution in [0.5, 0.6) is 0 Å². The summed E-state index contributed by atoms with van der Waals surface area (Å²) in [5.74, 6) is -3.16. The van der Waals surface area contributed by atoms with Gasteiger partial charge in [-0.05, 0) is 25.5 Å². The Labute approximate surface area is 190 Å². The van der Waals surface area contributed by atoms with Crippen LogP contribution in [-0.4, -0.2) is 56.5 Å². The van der Waals surface area contributed by atoms with Crippen molar-refractivity contribution in [1.29, 1.82) is 5.41 Å². The van der Waals surface area contributed by atoms with Crippen molar-refractivity contribution in [1.82, 2.24) is 10.3 Å². The summed E-state index contributed by atoms with van der Waals surface area (Å²) >= 11 is 0. The van der Waals surface area contributed by atoms with Crippen LogP contribution in [0.2, 0.25) is 0 Å². The first-order valence-electron chi connectivity index (χ1n) is 10.2. The number of hydrogen-bond acceptors (Lipinski definition) is 8. The Morgan fingerprint density at radius 1 is 1.24 bits per heavy atom. The number of nitrogens with two attached hydrogens (primary N) is 1. The zero-order valence-corrected chi connectivity index (χ0v) is 18.6. The Balaban J connectivity index is 0.00000265. The van der Waals surface area contributed by atoms with Crippen LogP contribution in [-0.2, 0) is 14.4 Å². The lowest BCUT2D eigenvalue weighted by Gasteiger charge is -2.15. The summed E-state index contributed by atoms with van der Waals surface area (Å²) in [7, 11) is 0. The van der Waals surface area contributed by atoms with Gasteiger partial charge in [-0.1, -0.05) is 13.8 Å². The van der Waals surface area contributed by atoms with E-state index in [0.29, 0.717) is 0 Å². The van der Waals surface area contributed by atoms with Crippen molar-refractivity contribution in [2.75, 3.05) is 5.32 Å². The first-order valence-corrected chi connectivity index (χ1v) is 10.2. The molecule has 0 spiro atoms. The molecule has 178 valence electrons. The monoisotopic (exact) mass is 460 g/mol. The molecule has 0 saturated heterocycles.